The quantitative estimate of drug-likeness (QED) is 0.466. The molecule has 4 aromatic rings. The van der Waals surface area contributed by atoms with Gasteiger partial charge < -0.3 is 14.8 Å². The van der Waals surface area contributed by atoms with Crippen LogP contribution in [0, 0.1) is 6.92 Å². The molecule has 0 spiro atoms. The van der Waals surface area contributed by atoms with Crippen LogP contribution < -0.4 is 4.74 Å². The molecule has 128 valence electrons. The van der Waals surface area contributed by atoms with Crippen LogP contribution in [0.15, 0.2) is 77.8 Å². The van der Waals surface area contributed by atoms with E-state index in [1.165, 1.54) is 0 Å². The van der Waals surface area contributed by atoms with Gasteiger partial charge in [-0.2, -0.15) is 0 Å². The molecular weight excluding hydrogens is 324 g/mol. The van der Waals surface area contributed by atoms with E-state index in [2.05, 4.69) is 9.98 Å². The summed E-state index contributed by atoms with van der Waals surface area (Å²) in [5.41, 5.74) is 3.50. The number of aromatic nitrogens is 1. The smallest absolute Gasteiger partial charge is 0.198 e. The second-order valence-electron chi connectivity index (χ2n) is 6.10. The molecule has 4 rings (SSSR count). The van der Waals surface area contributed by atoms with Crippen LogP contribution in [-0.4, -0.2) is 16.3 Å². The minimum absolute atomic E-state index is 0.124. The Kier molecular flexibility index (Phi) is 4.15. The molecule has 4 nitrogen and oxygen atoms in total. The summed E-state index contributed by atoms with van der Waals surface area (Å²) in [5.74, 6) is 1.67. The molecule has 0 atom stereocenters. The van der Waals surface area contributed by atoms with Gasteiger partial charge in [-0.25, -0.2) is 0 Å². The van der Waals surface area contributed by atoms with E-state index in [0.717, 1.165) is 33.7 Å². The van der Waals surface area contributed by atoms with Crippen molar-refractivity contribution in [1.29, 1.82) is 0 Å². The van der Waals surface area contributed by atoms with Gasteiger partial charge in [0, 0.05) is 17.1 Å². The molecule has 0 aliphatic rings. The van der Waals surface area contributed by atoms with E-state index in [9.17, 15) is 5.11 Å². The summed E-state index contributed by atoms with van der Waals surface area (Å²) in [7, 11) is 0. The lowest BCUT2D eigenvalue weighted by Gasteiger charge is -2.05. The van der Waals surface area contributed by atoms with E-state index >= 15 is 0 Å². The molecule has 0 amide bonds. The normalized spacial score (nSPS) is 11.3. The Morgan fingerprint density at radius 3 is 2.42 bits per heavy atom. The Labute approximate surface area is 151 Å². The maximum Gasteiger partial charge on any atom is 0.198 e. The minimum Gasteiger partial charge on any atom is -0.494 e. The molecule has 0 bridgehead atoms. The zero-order valence-electron chi connectivity index (χ0n) is 14.3. The van der Waals surface area contributed by atoms with E-state index in [1.807, 2.05) is 79.7 Å². The first-order valence-corrected chi connectivity index (χ1v) is 8.37. The van der Waals surface area contributed by atoms with Crippen LogP contribution in [0.3, 0.4) is 0 Å². The van der Waals surface area contributed by atoms with Crippen molar-refractivity contribution in [2.45, 2.75) is 6.92 Å². The van der Waals surface area contributed by atoms with Crippen LogP contribution in [0.1, 0.15) is 11.1 Å². The van der Waals surface area contributed by atoms with Gasteiger partial charge in [-0.15, -0.1) is 0 Å². The Balaban J connectivity index is 1.55. The number of nitrogens with zero attached hydrogens (tertiary/aromatic N) is 1. The fraction of sp³-hybridized carbons (Fsp3) is 0.0455. The van der Waals surface area contributed by atoms with Gasteiger partial charge in [0.2, 0.25) is 0 Å². The molecule has 3 aromatic carbocycles. The lowest BCUT2D eigenvalue weighted by Crippen LogP contribution is -1.83. The summed E-state index contributed by atoms with van der Waals surface area (Å²) in [6, 6.07) is 23.1. The molecule has 1 aromatic heterocycles. The van der Waals surface area contributed by atoms with E-state index in [1.54, 1.807) is 6.21 Å². The number of para-hydroxylation sites is 1. The summed E-state index contributed by atoms with van der Waals surface area (Å²) < 4.78 is 5.77. The number of aliphatic imine (C=N–C) groups is 1. The predicted octanol–water partition coefficient (Wildman–Crippen LogP) is 5.72. The van der Waals surface area contributed by atoms with Crippen molar-refractivity contribution in [2.75, 3.05) is 0 Å². The Bertz CT molecular complexity index is 1060. The van der Waals surface area contributed by atoms with E-state index in [0.29, 0.717) is 5.56 Å². The average Bonchev–Trinajstić information content (AvgIpc) is 2.96. The monoisotopic (exact) mass is 342 g/mol. The zero-order chi connectivity index (χ0) is 17.9. The highest BCUT2D eigenvalue weighted by Gasteiger charge is 2.08. The number of hydrogen-bond acceptors (Lipinski definition) is 3. The Hall–Kier alpha value is -3.53. The van der Waals surface area contributed by atoms with Gasteiger partial charge >= 0.3 is 0 Å². The summed E-state index contributed by atoms with van der Waals surface area (Å²) in [6.45, 7) is 2.02. The fourth-order valence-electron chi connectivity index (χ4n) is 2.81. The zero-order valence-corrected chi connectivity index (χ0v) is 14.3. The molecule has 2 N–H and O–H groups in total. The van der Waals surface area contributed by atoms with Crippen molar-refractivity contribution >= 4 is 22.8 Å². The number of benzene rings is 3. The van der Waals surface area contributed by atoms with Crippen LogP contribution in [0.5, 0.6) is 17.4 Å². The summed E-state index contributed by atoms with van der Waals surface area (Å²) in [5, 5.41) is 11.1. The lowest BCUT2D eigenvalue weighted by atomic mass is 10.1. The van der Waals surface area contributed by atoms with Crippen LogP contribution in [0.4, 0.5) is 5.69 Å². The van der Waals surface area contributed by atoms with Crippen molar-refractivity contribution in [3.8, 4) is 17.4 Å². The standard InChI is InChI=1S/C22H18N2O2/c1-15-7-12-19-20(22(25)24-21(19)13-15)14-23-16-8-10-18(11-9-16)26-17-5-3-2-4-6-17/h2-14,24-25H,1H3. The van der Waals surface area contributed by atoms with Crippen molar-refractivity contribution in [2.24, 2.45) is 4.99 Å². The number of nitrogens with one attached hydrogen (secondary N) is 1. The molecule has 26 heavy (non-hydrogen) atoms. The Morgan fingerprint density at radius 2 is 1.65 bits per heavy atom. The number of aromatic hydroxyl groups is 1. The summed E-state index contributed by atoms with van der Waals surface area (Å²) >= 11 is 0. The number of aromatic amines is 1. The first-order valence-electron chi connectivity index (χ1n) is 8.37. The van der Waals surface area contributed by atoms with Crippen LogP contribution in [-0.2, 0) is 0 Å². The number of aryl methyl sites for hydroxylation is 1. The average molecular weight is 342 g/mol. The third-order valence-electron chi connectivity index (χ3n) is 4.13. The molecule has 0 saturated heterocycles. The predicted molar refractivity (Wildman–Crippen MR) is 105 cm³/mol. The second kappa shape index (κ2) is 6.76. The molecule has 0 aliphatic heterocycles. The topological polar surface area (TPSA) is 57.6 Å². The molecule has 0 fully saturated rings. The van der Waals surface area contributed by atoms with Gasteiger partial charge in [-0.1, -0.05) is 30.3 Å². The van der Waals surface area contributed by atoms with E-state index < -0.39 is 0 Å². The first kappa shape index (κ1) is 16.0. The molecule has 0 saturated carbocycles. The molecule has 1 heterocycles. The van der Waals surface area contributed by atoms with Crippen molar-refractivity contribution in [3.05, 3.63) is 83.9 Å². The van der Waals surface area contributed by atoms with Crippen molar-refractivity contribution in [1.82, 2.24) is 4.98 Å². The summed E-state index contributed by atoms with van der Waals surface area (Å²) in [6.07, 6.45) is 1.68. The van der Waals surface area contributed by atoms with Crippen LogP contribution in [0.2, 0.25) is 0 Å². The van der Waals surface area contributed by atoms with Crippen LogP contribution >= 0.6 is 0 Å². The first-order chi connectivity index (χ1) is 12.7. The SMILES string of the molecule is Cc1ccc2c(C=Nc3ccc(Oc4ccccc4)cc3)c(O)[nH]c2c1. The second-order valence-corrected chi connectivity index (χ2v) is 6.10. The number of hydrogen-bond donors (Lipinski definition) is 2. The fourth-order valence-corrected chi connectivity index (χ4v) is 2.81. The summed E-state index contributed by atoms with van der Waals surface area (Å²) in [4.78, 5) is 7.45. The number of ether oxygens (including phenoxy) is 1. The maximum atomic E-state index is 10.1. The lowest BCUT2D eigenvalue weighted by molar-refractivity contribution is 0.457. The highest BCUT2D eigenvalue weighted by atomic mass is 16.5. The van der Waals surface area contributed by atoms with E-state index in [4.69, 9.17) is 4.74 Å². The molecule has 0 radical (unpaired) electrons. The van der Waals surface area contributed by atoms with Crippen LogP contribution in [0.25, 0.3) is 10.9 Å². The van der Waals surface area contributed by atoms with Gasteiger partial charge in [0.05, 0.1) is 11.3 Å². The third kappa shape index (κ3) is 3.30. The van der Waals surface area contributed by atoms with Gasteiger partial charge in [-0.3, -0.25) is 4.99 Å². The highest BCUT2D eigenvalue weighted by Crippen LogP contribution is 2.28. The Morgan fingerprint density at radius 1 is 0.923 bits per heavy atom. The highest BCUT2D eigenvalue weighted by molar-refractivity contribution is 6.02. The third-order valence-corrected chi connectivity index (χ3v) is 4.13. The van der Waals surface area contributed by atoms with Gasteiger partial charge in [0.25, 0.3) is 0 Å². The van der Waals surface area contributed by atoms with Gasteiger partial charge in [0.1, 0.15) is 11.5 Å². The number of H-pyrrole nitrogens is 1. The van der Waals surface area contributed by atoms with E-state index in [-0.39, 0.29) is 5.88 Å². The van der Waals surface area contributed by atoms with Crippen molar-refractivity contribution < 1.29 is 9.84 Å². The molecular formula is C22H18N2O2. The molecule has 0 unspecified atom stereocenters. The minimum atomic E-state index is 0.124. The largest absolute Gasteiger partial charge is 0.494 e. The maximum absolute atomic E-state index is 10.1. The van der Waals surface area contributed by atoms with Gasteiger partial charge in [-0.05, 0) is 55.0 Å². The number of fused-ring (bicyclic) bond motifs is 1. The number of rotatable bonds is 4. The van der Waals surface area contributed by atoms with Gasteiger partial charge in [0.15, 0.2) is 5.88 Å². The molecule has 4 heteroatoms. The molecule has 0 aliphatic carbocycles. The van der Waals surface area contributed by atoms with Crippen molar-refractivity contribution in [3.63, 3.8) is 0 Å².